The lowest BCUT2D eigenvalue weighted by Crippen LogP contribution is -2.50. The van der Waals surface area contributed by atoms with E-state index in [1.54, 1.807) is 18.0 Å². The van der Waals surface area contributed by atoms with Gasteiger partial charge in [-0.05, 0) is 22.9 Å². The fourth-order valence-corrected chi connectivity index (χ4v) is 3.76. The highest BCUT2D eigenvalue weighted by atomic mass is 32.2. The summed E-state index contributed by atoms with van der Waals surface area (Å²) in [6, 6.07) is 14.5. The van der Waals surface area contributed by atoms with Crippen molar-refractivity contribution >= 4 is 22.5 Å². The highest BCUT2D eigenvalue weighted by Crippen LogP contribution is 2.27. The van der Waals surface area contributed by atoms with Crippen LogP contribution in [0.2, 0.25) is 0 Å². The van der Waals surface area contributed by atoms with Crippen molar-refractivity contribution in [2.75, 3.05) is 6.61 Å². The molecular weight excluding hydrogens is 354 g/mol. The topological polar surface area (TPSA) is 101 Å². The van der Waals surface area contributed by atoms with E-state index in [9.17, 15) is 15.3 Å². The second-order valence-corrected chi connectivity index (χ2v) is 7.31. The lowest BCUT2D eigenvalue weighted by molar-refractivity contribution is -0.214. The molecule has 0 amide bonds. The Kier molecular flexibility index (Phi) is 4.92. The number of thioether (sulfide) groups is 1. The van der Waals surface area contributed by atoms with Crippen LogP contribution in [-0.4, -0.2) is 55.2 Å². The summed E-state index contributed by atoms with van der Waals surface area (Å²) in [5, 5.41) is 39.8. The van der Waals surface area contributed by atoms with Gasteiger partial charge in [0.25, 0.3) is 0 Å². The lowest BCUT2D eigenvalue weighted by atomic mass is 10.0. The molecule has 1 fully saturated rings. The summed E-state index contributed by atoms with van der Waals surface area (Å²) in [6.45, 7) is -0.0655. The Balaban J connectivity index is 1.43. The first-order valence-corrected chi connectivity index (χ1v) is 9.28. The fraction of sp³-hybridized carbons (Fsp3) is 0.333. The third-order valence-electron chi connectivity index (χ3n) is 4.40. The number of rotatable bonds is 4. The van der Waals surface area contributed by atoms with E-state index in [4.69, 9.17) is 4.74 Å². The summed E-state index contributed by atoms with van der Waals surface area (Å²) in [4.78, 5) is 1.13. The number of aliphatic hydroxyl groups is 3. The highest BCUT2D eigenvalue weighted by Gasteiger charge is 2.39. The maximum Gasteiger partial charge on any atom is 0.180 e. The normalized spacial score (nSPS) is 26.3. The minimum Gasteiger partial charge on any atom is -0.388 e. The Morgan fingerprint density at radius 2 is 1.88 bits per heavy atom. The molecule has 0 spiro atoms. The second kappa shape index (κ2) is 7.34. The van der Waals surface area contributed by atoms with Crippen molar-refractivity contribution in [2.24, 2.45) is 0 Å². The van der Waals surface area contributed by atoms with Crippen molar-refractivity contribution in [3.63, 3.8) is 0 Å². The van der Waals surface area contributed by atoms with Gasteiger partial charge in [0, 0.05) is 10.6 Å². The minimum atomic E-state index is -1.27. The molecule has 1 aliphatic rings. The van der Waals surface area contributed by atoms with Gasteiger partial charge in [0.2, 0.25) is 0 Å². The Bertz CT molecular complexity index is 903. The van der Waals surface area contributed by atoms with Crippen molar-refractivity contribution < 1.29 is 20.1 Å². The molecule has 1 aliphatic heterocycles. The number of aliphatic hydroxyl groups excluding tert-OH is 3. The highest BCUT2D eigenvalue weighted by molar-refractivity contribution is 7.98. The molecule has 26 heavy (non-hydrogen) atoms. The molecule has 8 heteroatoms. The van der Waals surface area contributed by atoms with Gasteiger partial charge in [-0.25, -0.2) is 4.68 Å². The molecule has 4 atom stereocenters. The van der Waals surface area contributed by atoms with Crippen LogP contribution in [0.5, 0.6) is 0 Å². The number of ether oxygens (including phenoxy) is 1. The van der Waals surface area contributed by atoms with Crippen LogP contribution < -0.4 is 0 Å². The zero-order chi connectivity index (χ0) is 18.1. The van der Waals surface area contributed by atoms with Crippen LogP contribution in [-0.2, 0) is 10.5 Å². The van der Waals surface area contributed by atoms with Gasteiger partial charge >= 0.3 is 0 Å². The number of fused-ring (bicyclic) bond motifs is 1. The SMILES string of the molecule is O[C@@H]1[C@@H](O)[C@H](n2cc(CSc3ccc4ccccc4c3)nn2)OC[C@H]1O. The van der Waals surface area contributed by atoms with Gasteiger partial charge in [-0.2, -0.15) is 0 Å². The standard InChI is InChI=1S/C18H19N3O4S/c22-15-9-25-18(17(24)16(15)23)21-8-13(19-20-21)10-26-14-6-5-11-3-1-2-4-12(11)7-14/h1-8,15-18,22-24H,9-10H2/t15-,16+,17-,18-/m1/s1. The molecule has 2 heterocycles. The van der Waals surface area contributed by atoms with Crippen molar-refractivity contribution in [3.05, 3.63) is 54.4 Å². The van der Waals surface area contributed by atoms with Crippen LogP contribution in [0, 0.1) is 0 Å². The monoisotopic (exact) mass is 373 g/mol. The maximum atomic E-state index is 10.1. The molecule has 3 aromatic rings. The summed E-state index contributed by atoms with van der Waals surface area (Å²) in [5.74, 6) is 0.617. The van der Waals surface area contributed by atoms with Gasteiger partial charge in [-0.15, -0.1) is 16.9 Å². The summed E-state index contributed by atoms with van der Waals surface area (Å²) in [5.41, 5.74) is 0.736. The average Bonchev–Trinajstić information content (AvgIpc) is 3.13. The molecule has 2 aromatic carbocycles. The Morgan fingerprint density at radius 3 is 2.73 bits per heavy atom. The van der Waals surface area contributed by atoms with Gasteiger partial charge in [0.15, 0.2) is 6.23 Å². The predicted octanol–water partition coefficient (Wildman–Crippen LogP) is 1.34. The van der Waals surface area contributed by atoms with Crippen molar-refractivity contribution in [2.45, 2.75) is 35.2 Å². The predicted molar refractivity (Wildman–Crippen MR) is 96.5 cm³/mol. The van der Waals surface area contributed by atoms with E-state index in [2.05, 4.69) is 40.6 Å². The van der Waals surface area contributed by atoms with Crippen LogP contribution in [0.3, 0.4) is 0 Å². The van der Waals surface area contributed by atoms with E-state index >= 15 is 0 Å². The molecule has 0 bridgehead atoms. The first-order valence-electron chi connectivity index (χ1n) is 8.30. The molecule has 0 aliphatic carbocycles. The third kappa shape index (κ3) is 3.46. The summed E-state index contributed by atoms with van der Waals surface area (Å²) in [6.07, 6.45) is -2.81. The van der Waals surface area contributed by atoms with Crippen LogP contribution >= 0.6 is 11.8 Å². The van der Waals surface area contributed by atoms with E-state index in [0.29, 0.717) is 5.75 Å². The maximum absolute atomic E-state index is 10.1. The Hall–Kier alpha value is -1.97. The number of nitrogens with zero attached hydrogens (tertiary/aromatic N) is 3. The molecule has 0 radical (unpaired) electrons. The second-order valence-electron chi connectivity index (χ2n) is 6.26. The zero-order valence-corrected chi connectivity index (χ0v) is 14.7. The zero-order valence-electron chi connectivity index (χ0n) is 13.8. The number of hydrogen-bond acceptors (Lipinski definition) is 7. The largest absolute Gasteiger partial charge is 0.388 e. The first kappa shape index (κ1) is 17.4. The molecular formula is C18H19N3O4S. The summed E-state index contributed by atoms with van der Waals surface area (Å²) < 4.78 is 6.76. The molecule has 0 unspecified atom stereocenters. The Labute approximate surface area is 154 Å². The third-order valence-corrected chi connectivity index (χ3v) is 5.43. The average molecular weight is 373 g/mol. The van der Waals surface area contributed by atoms with Crippen LogP contribution in [0.1, 0.15) is 11.9 Å². The van der Waals surface area contributed by atoms with E-state index < -0.39 is 24.5 Å². The van der Waals surface area contributed by atoms with E-state index in [1.165, 1.54) is 15.5 Å². The number of hydrogen-bond donors (Lipinski definition) is 3. The molecule has 4 rings (SSSR count). The molecule has 7 nitrogen and oxygen atoms in total. The van der Waals surface area contributed by atoms with E-state index in [-0.39, 0.29) is 6.61 Å². The molecule has 1 aromatic heterocycles. The van der Waals surface area contributed by atoms with Gasteiger partial charge < -0.3 is 20.1 Å². The van der Waals surface area contributed by atoms with E-state index in [0.717, 1.165) is 10.6 Å². The van der Waals surface area contributed by atoms with Crippen LogP contribution in [0.25, 0.3) is 10.8 Å². The first-order chi connectivity index (χ1) is 12.6. The quantitative estimate of drug-likeness (QED) is 0.593. The fourth-order valence-electron chi connectivity index (χ4n) is 2.94. The molecule has 0 saturated carbocycles. The van der Waals surface area contributed by atoms with Gasteiger partial charge in [0.05, 0.1) is 18.5 Å². The number of aromatic nitrogens is 3. The molecule has 136 valence electrons. The van der Waals surface area contributed by atoms with Gasteiger partial charge in [0.1, 0.15) is 18.3 Å². The van der Waals surface area contributed by atoms with Crippen LogP contribution in [0.15, 0.2) is 53.6 Å². The van der Waals surface area contributed by atoms with Crippen molar-refractivity contribution in [3.8, 4) is 0 Å². The minimum absolute atomic E-state index is 0.0655. The van der Waals surface area contributed by atoms with Crippen molar-refractivity contribution in [1.29, 1.82) is 0 Å². The summed E-state index contributed by atoms with van der Waals surface area (Å²) >= 11 is 1.64. The van der Waals surface area contributed by atoms with Crippen molar-refractivity contribution in [1.82, 2.24) is 15.0 Å². The summed E-state index contributed by atoms with van der Waals surface area (Å²) in [7, 11) is 0. The molecule has 1 saturated heterocycles. The van der Waals surface area contributed by atoms with Gasteiger partial charge in [-0.3, -0.25) is 0 Å². The Morgan fingerprint density at radius 1 is 1.08 bits per heavy atom. The molecule has 3 N–H and O–H groups in total. The smallest absolute Gasteiger partial charge is 0.180 e. The lowest BCUT2D eigenvalue weighted by Gasteiger charge is -2.34. The number of benzene rings is 2. The van der Waals surface area contributed by atoms with Crippen LogP contribution in [0.4, 0.5) is 0 Å². The van der Waals surface area contributed by atoms with E-state index in [1.807, 2.05) is 12.1 Å². The van der Waals surface area contributed by atoms with Gasteiger partial charge in [-0.1, -0.05) is 35.5 Å².